The lowest BCUT2D eigenvalue weighted by atomic mass is 9.92. The van der Waals surface area contributed by atoms with Crippen molar-refractivity contribution in [3.05, 3.63) is 64.0 Å². The number of ether oxygens (including phenoxy) is 1. The molecule has 2 aromatic carbocycles. The largest absolute Gasteiger partial charge is 0.496 e. The van der Waals surface area contributed by atoms with Crippen molar-refractivity contribution in [2.45, 2.75) is 26.8 Å². The Morgan fingerprint density at radius 1 is 1.00 bits per heavy atom. The Morgan fingerprint density at radius 3 is 2.25 bits per heavy atom. The van der Waals surface area contributed by atoms with Crippen LogP contribution in [0.25, 0.3) is 0 Å². The summed E-state index contributed by atoms with van der Waals surface area (Å²) in [5.41, 5.74) is 11.3. The van der Waals surface area contributed by atoms with Crippen molar-refractivity contribution in [1.29, 1.82) is 0 Å². The maximum Gasteiger partial charge on any atom is 0.127 e. The van der Waals surface area contributed by atoms with E-state index < -0.39 is 0 Å². The quantitative estimate of drug-likeness (QED) is 0.923. The molecule has 0 bridgehead atoms. The molecule has 20 heavy (non-hydrogen) atoms. The lowest BCUT2D eigenvalue weighted by Gasteiger charge is -2.20. The van der Waals surface area contributed by atoms with Crippen molar-refractivity contribution < 1.29 is 9.13 Å². The van der Waals surface area contributed by atoms with Crippen molar-refractivity contribution in [2.24, 2.45) is 5.73 Å². The summed E-state index contributed by atoms with van der Waals surface area (Å²) in [6.07, 6.45) is 0. The van der Waals surface area contributed by atoms with E-state index in [1.807, 2.05) is 32.9 Å². The molecule has 0 aliphatic carbocycles. The monoisotopic (exact) mass is 273 g/mol. The highest BCUT2D eigenvalue weighted by Crippen LogP contribution is 2.33. The van der Waals surface area contributed by atoms with E-state index in [9.17, 15) is 4.39 Å². The van der Waals surface area contributed by atoms with Crippen molar-refractivity contribution in [3.63, 3.8) is 0 Å². The average molecular weight is 273 g/mol. The average Bonchev–Trinajstić information content (AvgIpc) is 2.41. The molecule has 2 nitrogen and oxygen atoms in total. The number of methoxy groups -OCH3 is 1. The van der Waals surface area contributed by atoms with Gasteiger partial charge in [0.25, 0.3) is 0 Å². The molecule has 0 fully saturated rings. The molecule has 0 saturated carbocycles. The van der Waals surface area contributed by atoms with Crippen LogP contribution in [0.15, 0.2) is 30.3 Å². The normalized spacial score (nSPS) is 12.3. The summed E-state index contributed by atoms with van der Waals surface area (Å²) in [6.45, 7) is 5.92. The zero-order valence-corrected chi connectivity index (χ0v) is 12.3. The molecule has 2 N–H and O–H groups in total. The van der Waals surface area contributed by atoms with Crippen LogP contribution in [-0.4, -0.2) is 7.11 Å². The number of aryl methyl sites for hydroxylation is 2. The van der Waals surface area contributed by atoms with Gasteiger partial charge in [0.1, 0.15) is 11.6 Å². The van der Waals surface area contributed by atoms with E-state index in [-0.39, 0.29) is 11.9 Å². The molecule has 0 aliphatic heterocycles. The van der Waals surface area contributed by atoms with Gasteiger partial charge in [-0.25, -0.2) is 4.39 Å². The van der Waals surface area contributed by atoms with E-state index in [0.717, 1.165) is 33.6 Å². The number of hydrogen-bond acceptors (Lipinski definition) is 2. The first-order valence-corrected chi connectivity index (χ1v) is 6.61. The Balaban J connectivity index is 2.53. The summed E-state index contributed by atoms with van der Waals surface area (Å²) in [7, 11) is 1.65. The molecule has 2 rings (SSSR count). The van der Waals surface area contributed by atoms with Crippen LogP contribution in [0.4, 0.5) is 4.39 Å². The highest BCUT2D eigenvalue weighted by Gasteiger charge is 2.18. The molecule has 0 saturated heterocycles. The molecule has 0 aromatic heterocycles. The Labute approximate surface area is 119 Å². The third-order valence-corrected chi connectivity index (χ3v) is 3.81. The van der Waals surface area contributed by atoms with E-state index in [1.54, 1.807) is 13.2 Å². The van der Waals surface area contributed by atoms with Crippen LogP contribution in [-0.2, 0) is 0 Å². The smallest absolute Gasteiger partial charge is 0.127 e. The first-order valence-electron chi connectivity index (χ1n) is 6.61. The summed E-state index contributed by atoms with van der Waals surface area (Å²) < 4.78 is 18.7. The van der Waals surface area contributed by atoms with Gasteiger partial charge in [0.2, 0.25) is 0 Å². The second kappa shape index (κ2) is 5.63. The highest BCUT2D eigenvalue weighted by molar-refractivity contribution is 5.50. The van der Waals surface area contributed by atoms with Gasteiger partial charge in [-0.05, 0) is 55.2 Å². The van der Waals surface area contributed by atoms with Gasteiger partial charge >= 0.3 is 0 Å². The fourth-order valence-corrected chi connectivity index (χ4v) is 2.48. The topological polar surface area (TPSA) is 35.2 Å². The SMILES string of the molecule is COc1c(C(N)c2ccc(F)cc2C)ccc(C)c1C. The van der Waals surface area contributed by atoms with Gasteiger partial charge in [0.15, 0.2) is 0 Å². The van der Waals surface area contributed by atoms with Gasteiger partial charge in [-0.15, -0.1) is 0 Å². The van der Waals surface area contributed by atoms with Crippen LogP contribution in [0, 0.1) is 26.6 Å². The highest BCUT2D eigenvalue weighted by atomic mass is 19.1. The Morgan fingerprint density at radius 2 is 1.65 bits per heavy atom. The molecule has 3 heteroatoms. The van der Waals surface area contributed by atoms with Crippen molar-refractivity contribution in [1.82, 2.24) is 0 Å². The van der Waals surface area contributed by atoms with Gasteiger partial charge in [0.05, 0.1) is 13.2 Å². The number of rotatable bonds is 3. The minimum Gasteiger partial charge on any atom is -0.496 e. The molecule has 1 atom stereocenters. The Kier molecular flexibility index (Phi) is 4.09. The van der Waals surface area contributed by atoms with E-state index in [1.165, 1.54) is 12.1 Å². The van der Waals surface area contributed by atoms with Gasteiger partial charge in [0, 0.05) is 5.56 Å². The molecular formula is C17H20FNO. The molecule has 0 spiro atoms. The summed E-state index contributed by atoms with van der Waals surface area (Å²) >= 11 is 0. The molecule has 106 valence electrons. The van der Waals surface area contributed by atoms with Crippen LogP contribution in [0.5, 0.6) is 5.75 Å². The summed E-state index contributed by atoms with van der Waals surface area (Å²) in [4.78, 5) is 0. The zero-order chi connectivity index (χ0) is 14.9. The maximum absolute atomic E-state index is 13.2. The molecule has 0 radical (unpaired) electrons. The molecule has 2 aromatic rings. The fraction of sp³-hybridized carbons (Fsp3) is 0.294. The minimum absolute atomic E-state index is 0.245. The van der Waals surface area contributed by atoms with Crippen LogP contribution in [0.3, 0.4) is 0 Å². The van der Waals surface area contributed by atoms with E-state index in [0.29, 0.717) is 0 Å². The lowest BCUT2D eigenvalue weighted by Crippen LogP contribution is -2.15. The first-order chi connectivity index (χ1) is 9.45. The second-order valence-electron chi connectivity index (χ2n) is 5.11. The van der Waals surface area contributed by atoms with Gasteiger partial charge in [-0.1, -0.05) is 18.2 Å². The predicted molar refractivity (Wildman–Crippen MR) is 79.6 cm³/mol. The van der Waals surface area contributed by atoms with E-state index in [4.69, 9.17) is 10.5 Å². The Bertz CT molecular complexity index is 637. The van der Waals surface area contributed by atoms with Crippen molar-refractivity contribution >= 4 is 0 Å². The van der Waals surface area contributed by atoms with Gasteiger partial charge in [-0.2, -0.15) is 0 Å². The fourth-order valence-electron chi connectivity index (χ4n) is 2.48. The van der Waals surface area contributed by atoms with Crippen LogP contribution in [0.1, 0.15) is 33.9 Å². The van der Waals surface area contributed by atoms with E-state index in [2.05, 4.69) is 0 Å². The first kappa shape index (κ1) is 14.5. The Hall–Kier alpha value is -1.87. The lowest BCUT2D eigenvalue weighted by molar-refractivity contribution is 0.404. The van der Waals surface area contributed by atoms with Crippen LogP contribution in [0.2, 0.25) is 0 Å². The summed E-state index contributed by atoms with van der Waals surface area (Å²) in [5.74, 6) is 0.562. The van der Waals surface area contributed by atoms with Gasteiger partial charge < -0.3 is 10.5 Å². The maximum atomic E-state index is 13.2. The molecule has 0 aliphatic rings. The number of halogens is 1. The summed E-state index contributed by atoms with van der Waals surface area (Å²) in [6, 6.07) is 8.37. The van der Waals surface area contributed by atoms with Crippen LogP contribution >= 0.6 is 0 Å². The van der Waals surface area contributed by atoms with Crippen LogP contribution < -0.4 is 10.5 Å². The zero-order valence-electron chi connectivity index (χ0n) is 12.3. The van der Waals surface area contributed by atoms with Gasteiger partial charge in [-0.3, -0.25) is 0 Å². The minimum atomic E-state index is -0.329. The molecule has 0 amide bonds. The standard InChI is InChI=1S/C17H20FNO/c1-10-5-7-15(17(20-4)12(10)3)16(19)14-8-6-13(18)9-11(14)2/h5-9,16H,19H2,1-4H3. The number of hydrogen-bond donors (Lipinski definition) is 1. The molecular weight excluding hydrogens is 253 g/mol. The third-order valence-electron chi connectivity index (χ3n) is 3.81. The number of benzene rings is 2. The van der Waals surface area contributed by atoms with Crippen molar-refractivity contribution in [2.75, 3.05) is 7.11 Å². The van der Waals surface area contributed by atoms with Crippen molar-refractivity contribution in [3.8, 4) is 5.75 Å². The number of nitrogens with two attached hydrogens (primary N) is 1. The summed E-state index contributed by atoms with van der Waals surface area (Å²) in [5, 5.41) is 0. The van der Waals surface area contributed by atoms with E-state index >= 15 is 0 Å². The molecule has 0 heterocycles. The third kappa shape index (κ3) is 2.54. The second-order valence-corrected chi connectivity index (χ2v) is 5.11. The predicted octanol–water partition coefficient (Wildman–Crippen LogP) is 3.81. The molecule has 1 unspecified atom stereocenters.